The molecule has 22 heavy (non-hydrogen) atoms. The number of hydrogen-bond acceptors (Lipinski definition) is 2. The molecule has 0 radical (unpaired) electrons. The van der Waals surface area contributed by atoms with Crippen LogP contribution in [0, 0.1) is 11.5 Å². The molecule has 0 aliphatic rings. The highest BCUT2D eigenvalue weighted by Crippen LogP contribution is 2.07. The first-order chi connectivity index (χ1) is 10.5. The fraction of sp³-hybridized carbons (Fsp3) is 0.579. The first-order valence-electron chi connectivity index (χ1n) is 8.30. The van der Waals surface area contributed by atoms with Crippen LogP contribution in [0.4, 0.5) is 0 Å². The van der Waals surface area contributed by atoms with Crippen molar-refractivity contribution in [1.29, 1.82) is 0 Å². The lowest BCUT2D eigenvalue weighted by Crippen LogP contribution is -2.17. The Labute approximate surface area is 136 Å². The Balaban J connectivity index is 1.96. The van der Waals surface area contributed by atoms with E-state index >= 15 is 0 Å². The van der Waals surface area contributed by atoms with Crippen molar-refractivity contribution in [3.63, 3.8) is 0 Å². The van der Waals surface area contributed by atoms with Gasteiger partial charge >= 0.3 is 0 Å². The summed E-state index contributed by atoms with van der Waals surface area (Å²) in [6.45, 7) is 8.10. The number of aliphatic hydroxyl groups excluding tert-OH is 1. The molecule has 1 atom stereocenters. The van der Waals surface area contributed by atoms with Crippen LogP contribution in [0.2, 0.25) is 19.6 Å². The Hall–Kier alpha value is -1.08. The number of hydrogen-bond donors (Lipinski definition) is 1. The van der Waals surface area contributed by atoms with Gasteiger partial charge in [0.05, 0.1) is 6.61 Å². The van der Waals surface area contributed by atoms with E-state index in [9.17, 15) is 5.11 Å². The fourth-order valence-electron chi connectivity index (χ4n) is 2.03. The summed E-state index contributed by atoms with van der Waals surface area (Å²) in [6.07, 6.45) is 4.77. The van der Waals surface area contributed by atoms with Gasteiger partial charge in [-0.15, -0.1) is 5.54 Å². The zero-order chi connectivity index (χ0) is 16.3. The monoisotopic (exact) mass is 318 g/mol. The van der Waals surface area contributed by atoms with E-state index in [1.54, 1.807) is 0 Å². The second-order valence-corrected chi connectivity index (χ2v) is 11.5. The Morgan fingerprint density at radius 1 is 1.05 bits per heavy atom. The molecule has 0 spiro atoms. The molecule has 1 aromatic carbocycles. The number of aliphatic hydroxyl groups is 1. The number of rotatable bonds is 9. The molecule has 0 fully saturated rings. The van der Waals surface area contributed by atoms with E-state index < -0.39 is 14.2 Å². The zero-order valence-electron chi connectivity index (χ0n) is 14.3. The molecule has 2 nitrogen and oxygen atoms in total. The molecule has 1 unspecified atom stereocenters. The van der Waals surface area contributed by atoms with Gasteiger partial charge in [-0.25, -0.2) is 0 Å². The summed E-state index contributed by atoms with van der Waals surface area (Å²) in [5, 5.41) is 9.80. The summed E-state index contributed by atoms with van der Waals surface area (Å²) >= 11 is 0. The van der Waals surface area contributed by atoms with Crippen LogP contribution in [-0.4, -0.2) is 25.9 Å². The van der Waals surface area contributed by atoms with E-state index in [1.165, 1.54) is 5.56 Å². The van der Waals surface area contributed by atoms with Crippen molar-refractivity contribution in [3.8, 4) is 11.5 Å². The standard InChI is InChI=1S/C19H30O2Si/c1-22(2,3)16-14-19(20)13-9-4-5-10-15-21-17-18-11-7-6-8-12-18/h6-8,11-12,19-20H,4-5,9-10,13,15,17H2,1-3H3. The summed E-state index contributed by atoms with van der Waals surface area (Å²) in [5.41, 5.74) is 4.45. The zero-order valence-corrected chi connectivity index (χ0v) is 15.3. The molecule has 1 aromatic rings. The lowest BCUT2D eigenvalue weighted by atomic mass is 10.1. The normalized spacial score (nSPS) is 12.5. The van der Waals surface area contributed by atoms with Crippen molar-refractivity contribution < 1.29 is 9.84 Å². The predicted octanol–water partition coefficient (Wildman–Crippen LogP) is 4.40. The molecule has 0 heterocycles. The van der Waals surface area contributed by atoms with E-state index in [0.29, 0.717) is 6.61 Å². The Bertz CT molecular complexity index is 454. The minimum absolute atomic E-state index is 0.443. The molecule has 0 aliphatic carbocycles. The van der Waals surface area contributed by atoms with Gasteiger partial charge in [0.25, 0.3) is 0 Å². The van der Waals surface area contributed by atoms with E-state index in [4.69, 9.17) is 4.74 Å². The van der Waals surface area contributed by atoms with Gasteiger partial charge in [0.1, 0.15) is 14.2 Å². The van der Waals surface area contributed by atoms with Crippen molar-refractivity contribution >= 4 is 8.07 Å². The summed E-state index contributed by atoms with van der Waals surface area (Å²) < 4.78 is 5.66. The molecule has 0 saturated heterocycles. The molecule has 1 N–H and O–H groups in total. The van der Waals surface area contributed by atoms with Gasteiger partial charge in [-0.3, -0.25) is 0 Å². The average molecular weight is 319 g/mol. The molecule has 0 bridgehead atoms. The lowest BCUT2D eigenvalue weighted by molar-refractivity contribution is 0.116. The maximum Gasteiger partial charge on any atom is 0.129 e. The number of benzene rings is 1. The third-order valence-electron chi connectivity index (χ3n) is 3.24. The summed E-state index contributed by atoms with van der Waals surface area (Å²) in [5.74, 6) is 2.99. The van der Waals surface area contributed by atoms with Gasteiger partial charge < -0.3 is 9.84 Å². The van der Waals surface area contributed by atoms with E-state index in [0.717, 1.165) is 38.7 Å². The summed E-state index contributed by atoms with van der Waals surface area (Å²) in [4.78, 5) is 0. The minimum Gasteiger partial charge on any atom is -0.380 e. The lowest BCUT2D eigenvalue weighted by Gasteiger charge is -2.07. The van der Waals surface area contributed by atoms with Crippen LogP contribution >= 0.6 is 0 Å². The second-order valence-electron chi connectivity index (χ2n) is 6.78. The van der Waals surface area contributed by atoms with Crippen LogP contribution in [0.3, 0.4) is 0 Å². The first-order valence-corrected chi connectivity index (χ1v) is 11.8. The SMILES string of the molecule is C[Si](C)(C)C#CC(O)CCCCCCOCc1ccccc1. The average Bonchev–Trinajstić information content (AvgIpc) is 2.48. The molecule has 122 valence electrons. The Morgan fingerprint density at radius 3 is 2.41 bits per heavy atom. The van der Waals surface area contributed by atoms with Gasteiger partial charge in [-0.1, -0.05) is 68.7 Å². The first kappa shape index (κ1) is 19.0. The molecule has 0 saturated carbocycles. The van der Waals surface area contributed by atoms with Crippen LogP contribution in [0.5, 0.6) is 0 Å². The topological polar surface area (TPSA) is 29.5 Å². The van der Waals surface area contributed by atoms with Crippen molar-refractivity contribution in [2.24, 2.45) is 0 Å². The highest BCUT2D eigenvalue weighted by atomic mass is 28.3. The highest BCUT2D eigenvalue weighted by Gasteiger charge is 2.08. The van der Waals surface area contributed by atoms with Crippen LogP contribution in [-0.2, 0) is 11.3 Å². The summed E-state index contributed by atoms with van der Waals surface area (Å²) in [6, 6.07) is 10.3. The van der Waals surface area contributed by atoms with Crippen LogP contribution in [0.15, 0.2) is 30.3 Å². The van der Waals surface area contributed by atoms with Crippen molar-refractivity contribution in [2.75, 3.05) is 6.61 Å². The molecule has 0 amide bonds. The maximum absolute atomic E-state index is 9.80. The Morgan fingerprint density at radius 2 is 1.73 bits per heavy atom. The molecule has 0 aromatic heterocycles. The molecule has 0 aliphatic heterocycles. The van der Waals surface area contributed by atoms with Gasteiger partial charge in [-0.05, 0) is 24.8 Å². The third kappa shape index (κ3) is 10.6. The molecule has 1 rings (SSSR count). The van der Waals surface area contributed by atoms with Crippen LogP contribution in [0.25, 0.3) is 0 Å². The molecular weight excluding hydrogens is 288 g/mol. The number of ether oxygens (including phenoxy) is 1. The number of unbranched alkanes of at least 4 members (excludes halogenated alkanes) is 3. The van der Waals surface area contributed by atoms with E-state index in [2.05, 4.69) is 43.2 Å². The second kappa shape index (κ2) is 10.6. The molecule has 3 heteroatoms. The Kier molecular flexibility index (Phi) is 9.15. The summed E-state index contributed by atoms with van der Waals surface area (Å²) in [7, 11) is -1.36. The quantitative estimate of drug-likeness (QED) is 0.415. The molecular formula is C19H30O2Si. The van der Waals surface area contributed by atoms with Crippen molar-refractivity contribution in [1.82, 2.24) is 0 Å². The van der Waals surface area contributed by atoms with Gasteiger partial charge in [0, 0.05) is 6.61 Å². The van der Waals surface area contributed by atoms with Gasteiger partial charge in [0.15, 0.2) is 0 Å². The van der Waals surface area contributed by atoms with Crippen molar-refractivity contribution in [3.05, 3.63) is 35.9 Å². The van der Waals surface area contributed by atoms with Gasteiger partial charge in [0.2, 0.25) is 0 Å². The minimum atomic E-state index is -1.36. The largest absolute Gasteiger partial charge is 0.380 e. The predicted molar refractivity (Wildman–Crippen MR) is 96.3 cm³/mol. The van der Waals surface area contributed by atoms with Gasteiger partial charge in [-0.2, -0.15) is 0 Å². The fourth-order valence-corrected chi connectivity index (χ4v) is 2.63. The van der Waals surface area contributed by atoms with E-state index in [-0.39, 0.29) is 0 Å². The van der Waals surface area contributed by atoms with Crippen molar-refractivity contribution in [2.45, 2.75) is 64.5 Å². The van der Waals surface area contributed by atoms with E-state index in [1.807, 2.05) is 18.2 Å². The van der Waals surface area contributed by atoms with Crippen LogP contribution < -0.4 is 0 Å². The smallest absolute Gasteiger partial charge is 0.129 e. The third-order valence-corrected chi connectivity index (χ3v) is 4.14. The highest BCUT2D eigenvalue weighted by molar-refractivity contribution is 6.83. The van der Waals surface area contributed by atoms with Crippen LogP contribution in [0.1, 0.15) is 37.7 Å². The maximum atomic E-state index is 9.80.